The van der Waals surface area contributed by atoms with Crippen LogP contribution >= 0.6 is 0 Å². The second-order valence-electron chi connectivity index (χ2n) is 6.67. The molecule has 130 valence electrons. The molecule has 0 saturated carbocycles. The predicted molar refractivity (Wildman–Crippen MR) is 96.9 cm³/mol. The minimum absolute atomic E-state index is 0.0860. The summed E-state index contributed by atoms with van der Waals surface area (Å²) in [7, 11) is 0. The molecule has 1 atom stereocenters. The number of likely N-dealkylation sites (tertiary alicyclic amines) is 1. The third-order valence-corrected chi connectivity index (χ3v) is 4.77. The molecular weight excluding hydrogens is 300 g/mol. The van der Waals surface area contributed by atoms with Crippen LogP contribution in [0.5, 0.6) is 0 Å². The van der Waals surface area contributed by atoms with Crippen molar-refractivity contribution in [3.05, 3.63) is 48.2 Å². The van der Waals surface area contributed by atoms with Crippen LogP contribution in [0.4, 0.5) is 0 Å². The van der Waals surface area contributed by atoms with Crippen molar-refractivity contribution < 1.29 is 9.52 Å². The Labute approximate surface area is 144 Å². The average molecular weight is 328 g/mol. The van der Waals surface area contributed by atoms with Crippen LogP contribution < -0.4 is 5.32 Å². The van der Waals surface area contributed by atoms with Gasteiger partial charge < -0.3 is 19.7 Å². The van der Waals surface area contributed by atoms with Crippen LogP contribution in [-0.2, 0) is 0 Å². The number of hydrogen-bond donors (Lipinski definition) is 2. The molecular formula is C20H28N2O2. The van der Waals surface area contributed by atoms with Crippen molar-refractivity contribution >= 4 is 0 Å². The van der Waals surface area contributed by atoms with Crippen molar-refractivity contribution in [3.8, 4) is 11.3 Å². The van der Waals surface area contributed by atoms with Crippen molar-refractivity contribution in [2.24, 2.45) is 0 Å². The molecule has 1 unspecified atom stereocenters. The Hall–Kier alpha value is -1.62. The largest absolute Gasteiger partial charge is 0.459 e. The van der Waals surface area contributed by atoms with Crippen molar-refractivity contribution in [2.75, 3.05) is 26.2 Å². The Bertz CT molecular complexity index is 603. The van der Waals surface area contributed by atoms with Gasteiger partial charge in [-0.3, -0.25) is 0 Å². The number of piperidine rings is 1. The lowest BCUT2D eigenvalue weighted by atomic mass is 10.1. The van der Waals surface area contributed by atoms with E-state index >= 15 is 0 Å². The molecule has 1 aliphatic rings. The quantitative estimate of drug-likeness (QED) is 0.765. The van der Waals surface area contributed by atoms with Crippen LogP contribution in [0.2, 0.25) is 0 Å². The maximum Gasteiger partial charge on any atom is 0.134 e. The first-order chi connectivity index (χ1) is 11.7. The predicted octanol–water partition coefficient (Wildman–Crippen LogP) is 3.44. The van der Waals surface area contributed by atoms with Crippen molar-refractivity contribution in [1.29, 1.82) is 0 Å². The van der Waals surface area contributed by atoms with Gasteiger partial charge in [-0.1, -0.05) is 30.3 Å². The topological polar surface area (TPSA) is 48.6 Å². The summed E-state index contributed by atoms with van der Waals surface area (Å²) in [6, 6.07) is 14.5. The van der Waals surface area contributed by atoms with E-state index in [-0.39, 0.29) is 12.1 Å². The Morgan fingerprint density at radius 2 is 1.92 bits per heavy atom. The van der Waals surface area contributed by atoms with Crippen LogP contribution in [0.1, 0.15) is 38.0 Å². The molecule has 1 aromatic carbocycles. The molecule has 2 heterocycles. The van der Waals surface area contributed by atoms with E-state index in [4.69, 9.17) is 4.42 Å². The first-order valence-corrected chi connectivity index (χ1v) is 9.01. The van der Waals surface area contributed by atoms with Gasteiger partial charge in [0.25, 0.3) is 0 Å². The van der Waals surface area contributed by atoms with E-state index in [2.05, 4.69) is 35.3 Å². The van der Waals surface area contributed by atoms with Gasteiger partial charge in [-0.15, -0.1) is 0 Å². The van der Waals surface area contributed by atoms with Crippen LogP contribution in [0, 0.1) is 0 Å². The number of hydrogen-bond acceptors (Lipinski definition) is 4. The Morgan fingerprint density at radius 3 is 2.67 bits per heavy atom. The number of nitrogens with zero attached hydrogens (tertiary/aromatic N) is 1. The van der Waals surface area contributed by atoms with Crippen LogP contribution in [-0.4, -0.2) is 42.3 Å². The van der Waals surface area contributed by atoms with Gasteiger partial charge in [-0.05, 0) is 51.4 Å². The summed E-state index contributed by atoms with van der Waals surface area (Å²) in [5.41, 5.74) is 1.11. The fourth-order valence-electron chi connectivity index (χ4n) is 3.21. The number of aliphatic hydroxyl groups is 1. The van der Waals surface area contributed by atoms with Gasteiger partial charge in [-0.2, -0.15) is 0 Å². The van der Waals surface area contributed by atoms with Crippen molar-refractivity contribution in [1.82, 2.24) is 10.2 Å². The molecule has 4 nitrogen and oxygen atoms in total. The zero-order valence-electron chi connectivity index (χ0n) is 14.4. The molecule has 2 N–H and O–H groups in total. The summed E-state index contributed by atoms with van der Waals surface area (Å²) in [5.74, 6) is 1.90. The number of aliphatic hydroxyl groups excluding tert-OH is 1. The third kappa shape index (κ3) is 4.69. The van der Waals surface area contributed by atoms with Crippen LogP contribution in [0.25, 0.3) is 11.3 Å². The van der Waals surface area contributed by atoms with E-state index in [1.807, 2.05) is 24.3 Å². The monoisotopic (exact) mass is 328 g/mol. The summed E-state index contributed by atoms with van der Waals surface area (Å²) in [6.07, 6.45) is 2.86. The first kappa shape index (κ1) is 17.2. The fourth-order valence-corrected chi connectivity index (χ4v) is 3.21. The lowest BCUT2D eigenvalue weighted by molar-refractivity contribution is 0.0820. The Kier molecular flexibility index (Phi) is 6.07. The zero-order chi connectivity index (χ0) is 16.8. The zero-order valence-corrected chi connectivity index (χ0v) is 14.4. The molecule has 2 aromatic rings. The summed E-state index contributed by atoms with van der Waals surface area (Å²) in [6.45, 7) is 6.26. The maximum atomic E-state index is 9.53. The summed E-state index contributed by atoms with van der Waals surface area (Å²) in [5, 5.41) is 13.1. The lowest BCUT2D eigenvalue weighted by Gasteiger charge is -2.29. The van der Waals surface area contributed by atoms with E-state index in [1.54, 1.807) is 0 Å². The maximum absolute atomic E-state index is 9.53. The normalized spacial score (nSPS) is 17.9. The molecule has 0 aliphatic carbocycles. The van der Waals surface area contributed by atoms with E-state index in [9.17, 15) is 5.11 Å². The SMILES string of the molecule is CC(NCCCN1CCC(O)CC1)c1ccc(-c2ccccc2)o1. The fraction of sp³-hybridized carbons (Fsp3) is 0.500. The van der Waals surface area contributed by atoms with E-state index in [1.165, 1.54) is 0 Å². The molecule has 1 aromatic heterocycles. The number of benzene rings is 1. The van der Waals surface area contributed by atoms with Crippen molar-refractivity contribution in [2.45, 2.75) is 38.3 Å². The molecule has 0 radical (unpaired) electrons. The van der Waals surface area contributed by atoms with Gasteiger partial charge in [0.2, 0.25) is 0 Å². The molecule has 4 heteroatoms. The second-order valence-corrected chi connectivity index (χ2v) is 6.67. The minimum atomic E-state index is -0.0860. The first-order valence-electron chi connectivity index (χ1n) is 9.01. The highest BCUT2D eigenvalue weighted by Gasteiger charge is 2.16. The van der Waals surface area contributed by atoms with Crippen molar-refractivity contribution in [3.63, 3.8) is 0 Å². The standard InChI is InChI=1S/C20H28N2O2/c1-16(21-12-5-13-22-14-10-18(23)11-15-22)19-8-9-20(24-19)17-6-3-2-4-7-17/h2-4,6-9,16,18,21,23H,5,10-15H2,1H3. The Balaban J connectivity index is 1.41. The molecule has 0 spiro atoms. The molecule has 0 amide bonds. The van der Waals surface area contributed by atoms with Gasteiger partial charge >= 0.3 is 0 Å². The number of rotatable bonds is 7. The van der Waals surface area contributed by atoms with Gasteiger partial charge in [0.1, 0.15) is 11.5 Å². The highest BCUT2D eigenvalue weighted by atomic mass is 16.3. The highest BCUT2D eigenvalue weighted by molar-refractivity contribution is 5.57. The summed E-state index contributed by atoms with van der Waals surface area (Å²) >= 11 is 0. The number of nitrogens with one attached hydrogen (secondary N) is 1. The lowest BCUT2D eigenvalue weighted by Crippen LogP contribution is -2.37. The van der Waals surface area contributed by atoms with Gasteiger partial charge in [0.05, 0.1) is 12.1 Å². The molecule has 3 rings (SSSR count). The average Bonchev–Trinajstić information content (AvgIpc) is 3.11. The molecule has 1 fully saturated rings. The van der Waals surface area contributed by atoms with E-state index < -0.39 is 0 Å². The van der Waals surface area contributed by atoms with E-state index in [0.717, 1.165) is 62.5 Å². The molecule has 1 saturated heterocycles. The third-order valence-electron chi connectivity index (χ3n) is 4.77. The van der Waals surface area contributed by atoms with Gasteiger partial charge in [0.15, 0.2) is 0 Å². The number of furan rings is 1. The highest BCUT2D eigenvalue weighted by Crippen LogP contribution is 2.25. The minimum Gasteiger partial charge on any atom is -0.459 e. The molecule has 24 heavy (non-hydrogen) atoms. The molecule has 1 aliphatic heterocycles. The van der Waals surface area contributed by atoms with E-state index in [0.29, 0.717) is 0 Å². The smallest absolute Gasteiger partial charge is 0.134 e. The van der Waals surface area contributed by atoms with Gasteiger partial charge in [0, 0.05) is 18.7 Å². The Morgan fingerprint density at radius 1 is 1.17 bits per heavy atom. The van der Waals surface area contributed by atoms with Crippen LogP contribution in [0.15, 0.2) is 46.9 Å². The second kappa shape index (κ2) is 8.47. The van der Waals surface area contributed by atoms with Crippen LogP contribution in [0.3, 0.4) is 0 Å². The molecule has 0 bridgehead atoms. The van der Waals surface area contributed by atoms with Gasteiger partial charge in [-0.25, -0.2) is 0 Å². The summed E-state index contributed by atoms with van der Waals surface area (Å²) in [4.78, 5) is 2.44. The summed E-state index contributed by atoms with van der Waals surface area (Å²) < 4.78 is 5.99.